The molecule has 256 valence electrons. The van der Waals surface area contributed by atoms with Gasteiger partial charge in [0.2, 0.25) is 0 Å². The van der Waals surface area contributed by atoms with Crippen LogP contribution < -0.4 is 5.32 Å². The second-order valence-corrected chi connectivity index (χ2v) is 12.5. The van der Waals surface area contributed by atoms with Gasteiger partial charge in [-0.2, -0.15) is 0 Å². The molecule has 2 aromatic carbocycles. The molecular formula is C35H39NO12. The molecular weight excluding hydrogens is 626 g/mol. The Morgan fingerprint density at radius 2 is 1.38 bits per heavy atom. The lowest BCUT2D eigenvalue weighted by Crippen LogP contribution is -2.58. The number of carbonyl (C=O) groups excluding carboxylic acids is 1. The van der Waals surface area contributed by atoms with E-state index in [4.69, 9.17) is 14.2 Å². The minimum atomic E-state index is -1.60. The van der Waals surface area contributed by atoms with Gasteiger partial charge in [-0.3, -0.25) is 0 Å². The Bertz CT molecular complexity index is 1660. The van der Waals surface area contributed by atoms with Crippen molar-refractivity contribution < 1.29 is 59.9 Å². The monoisotopic (exact) mass is 665 g/mol. The third-order valence-electron chi connectivity index (χ3n) is 9.85. The van der Waals surface area contributed by atoms with Crippen LogP contribution in [0.25, 0.3) is 11.1 Å². The molecule has 48 heavy (non-hydrogen) atoms. The van der Waals surface area contributed by atoms with Gasteiger partial charge in [-0.15, -0.1) is 0 Å². The topological polar surface area (TPSA) is 219 Å². The molecule has 6 rings (SSSR count). The highest BCUT2D eigenvalue weighted by Crippen LogP contribution is 2.55. The highest BCUT2D eigenvalue weighted by atomic mass is 16.6. The van der Waals surface area contributed by atoms with Crippen LogP contribution in [0.1, 0.15) is 45.5 Å². The normalized spacial score (nSPS) is 33.4. The van der Waals surface area contributed by atoms with Gasteiger partial charge >= 0.3 is 5.97 Å². The summed E-state index contributed by atoms with van der Waals surface area (Å²) >= 11 is 0. The molecule has 0 radical (unpaired) electrons. The van der Waals surface area contributed by atoms with E-state index in [2.05, 4.69) is 29.0 Å². The van der Waals surface area contributed by atoms with Crippen LogP contribution in [-0.2, 0) is 19.6 Å². The summed E-state index contributed by atoms with van der Waals surface area (Å²) in [5.74, 6) is 10.9. The second-order valence-electron chi connectivity index (χ2n) is 12.5. The van der Waals surface area contributed by atoms with Gasteiger partial charge in [-0.25, -0.2) is 4.79 Å². The van der Waals surface area contributed by atoms with Crippen molar-refractivity contribution in [3.63, 3.8) is 0 Å². The maximum Gasteiger partial charge on any atom is 0.339 e. The number of benzene rings is 2. The van der Waals surface area contributed by atoms with Crippen molar-refractivity contribution in [1.29, 1.82) is 0 Å². The zero-order chi connectivity index (χ0) is 34.3. The molecule has 9 N–H and O–H groups in total. The zero-order valence-electron chi connectivity index (χ0n) is 26.1. The van der Waals surface area contributed by atoms with E-state index >= 15 is 0 Å². The molecule has 3 fully saturated rings. The molecule has 3 heterocycles. The molecule has 3 aliphatic heterocycles. The number of nitrogens with one attached hydrogen (secondary N) is 1. The number of piperidine rings is 1. The lowest BCUT2D eigenvalue weighted by Gasteiger charge is -2.38. The maximum atomic E-state index is 13.5. The average molecular weight is 666 g/mol. The molecule has 0 aromatic heterocycles. The van der Waals surface area contributed by atoms with Crippen molar-refractivity contribution in [3.8, 4) is 34.8 Å². The quantitative estimate of drug-likeness (QED) is 0.123. The molecule has 13 nitrogen and oxygen atoms in total. The van der Waals surface area contributed by atoms with Crippen LogP contribution in [0.4, 0.5) is 0 Å². The standard InChI is InChI=1S/C35H39NO12/c1-46-34(45)26-18(5-9-23-29(40)33(44)31(42)25(16-38)48-23)4-7-20-19-6-2-17(14-21(19)35(27(20)26)10-12-36-13-11-35)3-8-22-28(39)32(43)30(41)24(15-37)47-22/h2,4,6-7,14,22-25,28-33,36-44H,10-13,15-16H2,1H3/t22-,23-,24-,25-,28-,29-,30-,31-,32-,33-/m1/s1. The van der Waals surface area contributed by atoms with Gasteiger partial charge in [0.15, 0.2) is 0 Å². The molecule has 13 heteroatoms. The molecule has 4 aliphatic rings. The summed E-state index contributed by atoms with van der Waals surface area (Å²) in [7, 11) is 1.28. The van der Waals surface area contributed by atoms with Crippen LogP contribution >= 0.6 is 0 Å². The van der Waals surface area contributed by atoms with E-state index in [9.17, 15) is 45.6 Å². The Hall–Kier alpha value is -3.41. The van der Waals surface area contributed by atoms with Crippen molar-refractivity contribution in [2.45, 2.75) is 79.3 Å². The number of aliphatic hydroxyl groups excluding tert-OH is 8. The fraction of sp³-hybridized carbons (Fsp3) is 0.514. The molecule has 3 saturated heterocycles. The van der Waals surface area contributed by atoms with Crippen LogP contribution in [-0.4, -0.2) is 141 Å². The van der Waals surface area contributed by atoms with Crippen molar-refractivity contribution in [3.05, 3.63) is 58.1 Å². The van der Waals surface area contributed by atoms with Gasteiger partial charge in [0.25, 0.3) is 0 Å². The predicted molar refractivity (Wildman–Crippen MR) is 167 cm³/mol. The number of esters is 1. The number of fused-ring (bicyclic) bond motifs is 5. The van der Waals surface area contributed by atoms with Crippen LogP contribution in [0, 0.1) is 23.7 Å². The van der Waals surface area contributed by atoms with E-state index in [0.717, 1.165) is 22.3 Å². The third-order valence-corrected chi connectivity index (χ3v) is 9.85. The smallest absolute Gasteiger partial charge is 0.339 e. The first-order chi connectivity index (χ1) is 23.1. The lowest BCUT2D eigenvalue weighted by atomic mass is 9.69. The fourth-order valence-corrected chi connectivity index (χ4v) is 7.25. The Morgan fingerprint density at radius 3 is 1.94 bits per heavy atom. The maximum absolute atomic E-state index is 13.5. The molecule has 0 saturated carbocycles. The third kappa shape index (κ3) is 5.81. The summed E-state index contributed by atoms with van der Waals surface area (Å²) in [5.41, 5.74) is 3.89. The Balaban J connectivity index is 1.41. The Morgan fingerprint density at radius 1 is 0.812 bits per heavy atom. The van der Waals surface area contributed by atoms with Gasteiger partial charge in [0, 0.05) is 16.5 Å². The van der Waals surface area contributed by atoms with Crippen molar-refractivity contribution in [1.82, 2.24) is 5.32 Å². The van der Waals surface area contributed by atoms with Gasteiger partial charge in [0.05, 0.1) is 25.9 Å². The fourth-order valence-electron chi connectivity index (χ4n) is 7.25. The SMILES string of the molecule is COC(=O)c1c(C#C[C@H]2O[C@H](CO)[C@@H](O)[C@H](O)[C@@H]2O)ccc2c1C1(CCNCC1)c1cc(C#C[C@H]3O[C@H](CO)[C@@H](O)[C@H](O)[C@@H]3O)ccc1-2. The summed E-state index contributed by atoms with van der Waals surface area (Å²) in [5, 5.41) is 84.1. The lowest BCUT2D eigenvalue weighted by molar-refractivity contribution is -0.214. The van der Waals surface area contributed by atoms with E-state index in [1.54, 1.807) is 12.1 Å². The largest absolute Gasteiger partial charge is 0.465 e. The van der Waals surface area contributed by atoms with Crippen LogP contribution in [0.3, 0.4) is 0 Å². The van der Waals surface area contributed by atoms with Crippen molar-refractivity contribution in [2.75, 3.05) is 33.4 Å². The van der Waals surface area contributed by atoms with Gasteiger partial charge in [-0.1, -0.05) is 35.8 Å². The van der Waals surface area contributed by atoms with E-state index in [1.165, 1.54) is 7.11 Å². The van der Waals surface area contributed by atoms with E-state index in [0.29, 0.717) is 37.1 Å². The minimum absolute atomic E-state index is 0.249. The molecule has 0 amide bonds. The zero-order valence-corrected chi connectivity index (χ0v) is 26.1. The molecule has 1 spiro atoms. The van der Waals surface area contributed by atoms with Gasteiger partial charge in [-0.05, 0) is 66.4 Å². The number of methoxy groups -OCH3 is 1. The Kier molecular flexibility index (Phi) is 9.93. The highest BCUT2D eigenvalue weighted by Gasteiger charge is 2.48. The van der Waals surface area contributed by atoms with E-state index < -0.39 is 85.6 Å². The number of aliphatic hydroxyl groups is 8. The Labute approximate surface area is 276 Å². The van der Waals surface area contributed by atoms with Crippen molar-refractivity contribution in [2.24, 2.45) is 0 Å². The number of carbonyl (C=O) groups is 1. The van der Waals surface area contributed by atoms with E-state index in [-0.39, 0.29) is 5.56 Å². The molecule has 0 unspecified atom stereocenters. The van der Waals surface area contributed by atoms with E-state index in [1.807, 2.05) is 18.2 Å². The molecule has 10 atom stereocenters. The highest BCUT2D eigenvalue weighted by molar-refractivity contribution is 6.00. The molecule has 1 aliphatic carbocycles. The summed E-state index contributed by atoms with van der Waals surface area (Å²) < 4.78 is 16.4. The van der Waals surface area contributed by atoms with Crippen LogP contribution in [0.5, 0.6) is 0 Å². The summed E-state index contributed by atoms with van der Waals surface area (Å²) in [6, 6.07) is 9.18. The molecule has 2 aromatic rings. The van der Waals surface area contributed by atoms with Gasteiger partial charge in [0.1, 0.15) is 61.0 Å². The summed E-state index contributed by atoms with van der Waals surface area (Å²) in [6.45, 7) is 0.148. The predicted octanol–water partition coefficient (Wildman–Crippen LogP) is -2.49. The number of rotatable bonds is 3. The average Bonchev–Trinajstić information content (AvgIpc) is 3.36. The first-order valence-corrected chi connectivity index (χ1v) is 15.8. The number of hydrogen-bond acceptors (Lipinski definition) is 13. The van der Waals surface area contributed by atoms with Crippen LogP contribution in [0.15, 0.2) is 30.3 Å². The minimum Gasteiger partial charge on any atom is -0.465 e. The van der Waals surface area contributed by atoms with Gasteiger partial charge < -0.3 is 60.4 Å². The first kappa shape index (κ1) is 34.5. The number of ether oxygens (including phenoxy) is 3. The number of hydrogen-bond donors (Lipinski definition) is 9. The second kappa shape index (κ2) is 13.8. The first-order valence-electron chi connectivity index (χ1n) is 15.8. The van der Waals surface area contributed by atoms with Crippen LogP contribution in [0.2, 0.25) is 0 Å². The molecule has 0 bridgehead atoms. The summed E-state index contributed by atoms with van der Waals surface area (Å²) in [4.78, 5) is 13.5. The summed E-state index contributed by atoms with van der Waals surface area (Å²) in [6.07, 6.45) is -12.6. The van der Waals surface area contributed by atoms with Crippen molar-refractivity contribution >= 4 is 5.97 Å².